The highest BCUT2D eigenvalue weighted by molar-refractivity contribution is 6.74. The predicted octanol–water partition coefficient (Wildman–Crippen LogP) is 7.15. The minimum Gasteiger partial charge on any atom is -0.410 e. The van der Waals surface area contributed by atoms with Gasteiger partial charge in [0.05, 0.1) is 6.10 Å². The third-order valence-electron chi connectivity index (χ3n) is 6.46. The zero-order chi connectivity index (χ0) is 20.3. The third kappa shape index (κ3) is 6.67. The van der Waals surface area contributed by atoms with E-state index < -0.39 is 22.2 Å². The molecule has 0 unspecified atom stereocenters. The van der Waals surface area contributed by atoms with Gasteiger partial charge in [0, 0.05) is 0 Å². The fourth-order valence-electron chi connectivity index (χ4n) is 3.80. The Kier molecular flexibility index (Phi) is 12.0. The number of rotatable bonds is 15. The van der Waals surface area contributed by atoms with Crippen LogP contribution in [-0.4, -0.2) is 28.3 Å². The normalized spacial score (nSPS) is 15.9. The Hall–Kier alpha value is -0.346. The quantitative estimate of drug-likeness (QED) is 0.127. The Morgan fingerprint density at radius 2 is 1.42 bits per heavy atom. The van der Waals surface area contributed by atoms with Crippen molar-refractivity contribution in [2.45, 2.75) is 116 Å². The van der Waals surface area contributed by atoms with Crippen molar-refractivity contribution in [3.63, 3.8) is 0 Å². The summed E-state index contributed by atoms with van der Waals surface area (Å²) in [6.07, 6.45) is 11.1. The molecule has 26 heavy (non-hydrogen) atoms. The SMILES string of the molecule is C#C[C@](C)(O[Si](CC)(CC)CC)[C@@H](CCCC=C)O[Si](CC)(CC)CC. The molecule has 0 aliphatic heterocycles. The fraction of sp³-hybridized carbons (Fsp3) is 0.818. The summed E-state index contributed by atoms with van der Waals surface area (Å²) in [4.78, 5) is 0. The maximum atomic E-state index is 6.93. The summed E-state index contributed by atoms with van der Waals surface area (Å²) in [7, 11) is -3.58. The third-order valence-corrected chi connectivity index (χ3v) is 15.8. The van der Waals surface area contributed by atoms with Crippen molar-refractivity contribution < 1.29 is 8.85 Å². The van der Waals surface area contributed by atoms with Crippen molar-refractivity contribution in [3.05, 3.63) is 12.7 Å². The van der Waals surface area contributed by atoms with Gasteiger partial charge in [-0.05, 0) is 62.5 Å². The van der Waals surface area contributed by atoms with Crippen molar-refractivity contribution in [2.24, 2.45) is 0 Å². The maximum Gasteiger partial charge on any atom is 0.194 e. The lowest BCUT2D eigenvalue weighted by molar-refractivity contribution is -0.00431. The zero-order valence-electron chi connectivity index (χ0n) is 18.6. The Balaban J connectivity index is 5.77. The highest BCUT2D eigenvalue weighted by Gasteiger charge is 2.45. The van der Waals surface area contributed by atoms with E-state index in [4.69, 9.17) is 15.3 Å². The molecular weight excluding hydrogens is 352 g/mol. The first-order valence-corrected chi connectivity index (χ1v) is 15.8. The molecule has 0 radical (unpaired) electrons. The van der Waals surface area contributed by atoms with Crippen LogP contribution in [0.5, 0.6) is 0 Å². The van der Waals surface area contributed by atoms with Crippen LogP contribution < -0.4 is 0 Å². The van der Waals surface area contributed by atoms with Gasteiger partial charge in [-0.15, -0.1) is 13.0 Å². The zero-order valence-corrected chi connectivity index (χ0v) is 20.6. The molecule has 2 nitrogen and oxygen atoms in total. The molecule has 0 saturated heterocycles. The van der Waals surface area contributed by atoms with Crippen LogP contribution in [0.15, 0.2) is 12.7 Å². The first-order valence-electron chi connectivity index (χ1n) is 10.8. The summed E-state index contributed by atoms with van der Waals surface area (Å²) in [5.41, 5.74) is -0.632. The summed E-state index contributed by atoms with van der Waals surface area (Å²) in [6.45, 7) is 19.6. The minimum absolute atomic E-state index is 0.0181. The molecule has 0 spiro atoms. The highest BCUT2D eigenvalue weighted by atomic mass is 28.4. The molecular formula is C22H44O2Si2. The second-order valence-corrected chi connectivity index (χ2v) is 17.1. The van der Waals surface area contributed by atoms with Crippen molar-refractivity contribution in [3.8, 4) is 12.3 Å². The van der Waals surface area contributed by atoms with Crippen molar-refractivity contribution in [2.75, 3.05) is 0 Å². The summed E-state index contributed by atoms with van der Waals surface area (Å²) in [5.74, 6) is 3.04. The van der Waals surface area contributed by atoms with E-state index in [0.717, 1.165) is 55.5 Å². The van der Waals surface area contributed by atoms with Gasteiger partial charge < -0.3 is 8.85 Å². The van der Waals surface area contributed by atoms with Gasteiger partial charge >= 0.3 is 0 Å². The first-order chi connectivity index (χ1) is 12.3. The lowest BCUT2D eigenvalue weighted by Crippen LogP contribution is -2.55. The van der Waals surface area contributed by atoms with Gasteiger partial charge in [-0.1, -0.05) is 53.5 Å². The molecule has 0 fully saturated rings. The molecule has 0 aromatic heterocycles. The summed E-state index contributed by atoms with van der Waals surface area (Å²) >= 11 is 0. The summed E-state index contributed by atoms with van der Waals surface area (Å²) in [5, 5.41) is 0. The summed E-state index contributed by atoms with van der Waals surface area (Å²) in [6, 6.07) is 6.72. The Labute approximate surface area is 166 Å². The van der Waals surface area contributed by atoms with E-state index in [2.05, 4.69) is 61.0 Å². The van der Waals surface area contributed by atoms with Crippen LogP contribution in [-0.2, 0) is 8.85 Å². The maximum absolute atomic E-state index is 6.93. The molecule has 0 N–H and O–H groups in total. The monoisotopic (exact) mass is 396 g/mol. The van der Waals surface area contributed by atoms with Crippen LogP contribution >= 0.6 is 0 Å². The first kappa shape index (κ1) is 25.7. The summed E-state index contributed by atoms with van der Waals surface area (Å²) < 4.78 is 13.8. The number of hydrogen-bond acceptors (Lipinski definition) is 2. The Morgan fingerprint density at radius 1 is 0.962 bits per heavy atom. The van der Waals surface area contributed by atoms with E-state index in [-0.39, 0.29) is 6.10 Å². The van der Waals surface area contributed by atoms with E-state index in [1.165, 1.54) is 0 Å². The highest BCUT2D eigenvalue weighted by Crippen LogP contribution is 2.35. The molecule has 0 saturated carbocycles. The molecule has 0 rings (SSSR count). The molecule has 0 bridgehead atoms. The average Bonchev–Trinajstić information content (AvgIpc) is 2.69. The molecule has 4 heteroatoms. The van der Waals surface area contributed by atoms with Gasteiger partial charge in [0.2, 0.25) is 0 Å². The van der Waals surface area contributed by atoms with Crippen LogP contribution in [0.1, 0.15) is 67.7 Å². The van der Waals surface area contributed by atoms with E-state index in [0.29, 0.717) is 0 Å². The van der Waals surface area contributed by atoms with Gasteiger partial charge in [0.15, 0.2) is 16.6 Å². The van der Waals surface area contributed by atoms with E-state index in [1.54, 1.807) is 0 Å². The van der Waals surface area contributed by atoms with Crippen LogP contribution in [0.2, 0.25) is 36.3 Å². The lowest BCUT2D eigenvalue weighted by Gasteiger charge is -2.45. The molecule has 152 valence electrons. The number of unbranched alkanes of at least 4 members (excludes halogenated alkanes) is 1. The largest absolute Gasteiger partial charge is 0.410 e. The van der Waals surface area contributed by atoms with Gasteiger partial charge in [0.25, 0.3) is 0 Å². The second-order valence-electron chi connectivity index (χ2n) is 7.67. The molecule has 0 amide bonds. The minimum atomic E-state index is -1.82. The average molecular weight is 397 g/mol. The number of terminal acetylenes is 1. The van der Waals surface area contributed by atoms with Crippen LogP contribution in [0, 0.1) is 12.3 Å². The van der Waals surface area contributed by atoms with E-state index in [1.807, 2.05) is 6.08 Å². The number of hydrogen-bond donors (Lipinski definition) is 0. The van der Waals surface area contributed by atoms with Crippen LogP contribution in [0.3, 0.4) is 0 Å². The van der Waals surface area contributed by atoms with Crippen molar-refractivity contribution >= 4 is 16.6 Å². The molecule has 2 atom stereocenters. The standard InChI is InChI=1S/C22H44O2Si2/c1-10-18-19-20-21(23-25(12-3,13-4)14-5)22(9,11-2)24-26(15-6,16-7)17-8/h2,10,21H,1,12-20H2,3-9H3/t21-,22+/m1/s1. The van der Waals surface area contributed by atoms with Gasteiger partial charge in [-0.3, -0.25) is 0 Å². The molecule has 0 aromatic rings. The fourth-order valence-corrected chi connectivity index (χ4v) is 9.77. The van der Waals surface area contributed by atoms with E-state index in [9.17, 15) is 0 Å². The topological polar surface area (TPSA) is 18.5 Å². The molecule has 0 aliphatic rings. The Morgan fingerprint density at radius 3 is 1.77 bits per heavy atom. The van der Waals surface area contributed by atoms with Crippen LogP contribution in [0.4, 0.5) is 0 Å². The van der Waals surface area contributed by atoms with Gasteiger partial charge in [-0.2, -0.15) is 0 Å². The van der Waals surface area contributed by atoms with Crippen molar-refractivity contribution in [1.29, 1.82) is 0 Å². The predicted molar refractivity (Wildman–Crippen MR) is 122 cm³/mol. The molecule has 0 aromatic carbocycles. The van der Waals surface area contributed by atoms with Gasteiger partial charge in [-0.25, -0.2) is 0 Å². The molecule has 0 heterocycles. The smallest absolute Gasteiger partial charge is 0.194 e. The van der Waals surface area contributed by atoms with E-state index >= 15 is 0 Å². The van der Waals surface area contributed by atoms with Gasteiger partial charge in [0.1, 0.15) is 5.60 Å². The van der Waals surface area contributed by atoms with Crippen molar-refractivity contribution in [1.82, 2.24) is 0 Å². The number of allylic oxidation sites excluding steroid dienone is 1. The second kappa shape index (κ2) is 12.2. The van der Waals surface area contributed by atoms with Crippen LogP contribution in [0.25, 0.3) is 0 Å². The lowest BCUT2D eigenvalue weighted by atomic mass is 9.96. The molecule has 0 aliphatic carbocycles. The Bertz CT molecular complexity index is 419.